The first-order chi connectivity index (χ1) is 10.2. The molecule has 0 saturated heterocycles. The van der Waals surface area contributed by atoms with Crippen molar-refractivity contribution in [2.75, 3.05) is 11.1 Å². The van der Waals surface area contributed by atoms with E-state index in [2.05, 4.69) is 16.4 Å². The van der Waals surface area contributed by atoms with E-state index in [4.69, 9.17) is 11.0 Å². The van der Waals surface area contributed by atoms with Crippen molar-refractivity contribution in [1.82, 2.24) is 4.98 Å². The van der Waals surface area contributed by atoms with Gasteiger partial charge in [0.15, 0.2) is 0 Å². The highest BCUT2D eigenvalue weighted by Crippen LogP contribution is 2.30. The van der Waals surface area contributed by atoms with Crippen molar-refractivity contribution < 1.29 is 0 Å². The van der Waals surface area contributed by atoms with E-state index in [1.165, 1.54) is 0 Å². The van der Waals surface area contributed by atoms with Crippen molar-refractivity contribution in [3.63, 3.8) is 0 Å². The lowest BCUT2D eigenvalue weighted by atomic mass is 10.1. The molecule has 0 aliphatic heterocycles. The first-order valence-electron chi connectivity index (χ1n) is 6.60. The van der Waals surface area contributed by atoms with Crippen LogP contribution in [-0.2, 0) is 0 Å². The van der Waals surface area contributed by atoms with Gasteiger partial charge in [0.25, 0.3) is 0 Å². The molecule has 21 heavy (non-hydrogen) atoms. The number of fused-ring (bicyclic) bond motifs is 1. The molecule has 0 bridgehead atoms. The smallest absolute Gasteiger partial charge is 0.0992 e. The summed E-state index contributed by atoms with van der Waals surface area (Å²) in [6, 6.07) is 15.4. The van der Waals surface area contributed by atoms with Gasteiger partial charge in [0.2, 0.25) is 0 Å². The van der Waals surface area contributed by atoms with Gasteiger partial charge >= 0.3 is 0 Å². The van der Waals surface area contributed by atoms with Gasteiger partial charge in [-0.25, -0.2) is 0 Å². The minimum Gasteiger partial charge on any atom is -0.397 e. The average molecular weight is 274 g/mol. The Kier molecular flexibility index (Phi) is 3.17. The van der Waals surface area contributed by atoms with Gasteiger partial charge in [-0.05, 0) is 48.9 Å². The summed E-state index contributed by atoms with van der Waals surface area (Å²) in [6.07, 6.45) is 1.73. The summed E-state index contributed by atoms with van der Waals surface area (Å²) >= 11 is 0. The molecule has 3 rings (SSSR count). The minimum atomic E-state index is 0.626. The van der Waals surface area contributed by atoms with Crippen LogP contribution < -0.4 is 11.1 Å². The molecule has 3 N–H and O–H groups in total. The fraction of sp³-hybridized carbons (Fsp3) is 0.0588. The topological polar surface area (TPSA) is 74.7 Å². The van der Waals surface area contributed by atoms with Crippen LogP contribution in [0, 0.1) is 18.3 Å². The Balaban J connectivity index is 2.11. The number of nitrogens with one attached hydrogen (secondary N) is 1. The zero-order valence-corrected chi connectivity index (χ0v) is 11.6. The highest BCUT2D eigenvalue weighted by Gasteiger charge is 2.07. The molecule has 102 valence electrons. The van der Waals surface area contributed by atoms with Gasteiger partial charge < -0.3 is 11.1 Å². The number of nitriles is 1. The third kappa shape index (κ3) is 2.37. The maximum Gasteiger partial charge on any atom is 0.0992 e. The van der Waals surface area contributed by atoms with E-state index in [1.54, 1.807) is 6.20 Å². The molecule has 0 saturated carbocycles. The van der Waals surface area contributed by atoms with Crippen LogP contribution in [0.25, 0.3) is 10.9 Å². The number of benzene rings is 2. The number of pyridine rings is 1. The van der Waals surface area contributed by atoms with Gasteiger partial charge in [-0.1, -0.05) is 6.07 Å². The lowest BCUT2D eigenvalue weighted by Crippen LogP contribution is -1.97. The molecule has 4 heteroatoms. The summed E-state index contributed by atoms with van der Waals surface area (Å²) in [5.41, 5.74) is 10.9. The molecule has 0 spiro atoms. The Hall–Kier alpha value is -3.06. The summed E-state index contributed by atoms with van der Waals surface area (Å²) < 4.78 is 0. The average Bonchev–Trinajstić information content (AvgIpc) is 2.52. The summed E-state index contributed by atoms with van der Waals surface area (Å²) in [5.74, 6) is 0. The van der Waals surface area contributed by atoms with Crippen molar-refractivity contribution in [2.24, 2.45) is 0 Å². The molecule has 0 atom stereocenters. The highest BCUT2D eigenvalue weighted by atomic mass is 14.9. The molecule has 0 unspecified atom stereocenters. The summed E-state index contributed by atoms with van der Waals surface area (Å²) in [4.78, 5) is 4.32. The molecular weight excluding hydrogens is 260 g/mol. The number of nitrogen functional groups attached to an aromatic ring is 1. The van der Waals surface area contributed by atoms with Crippen molar-refractivity contribution >= 4 is 28.0 Å². The van der Waals surface area contributed by atoms with Crippen molar-refractivity contribution in [3.8, 4) is 6.07 Å². The Labute approximate surface area is 122 Å². The van der Waals surface area contributed by atoms with E-state index < -0.39 is 0 Å². The van der Waals surface area contributed by atoms with Crippen LogP contribution in [0.5, 0.6) is 0 Å². The molecule has 1 aromatic heterocycles. The second-order valence-electron chi connectivity index (χ2n) is 4.87. The van der Waals surface area contributed by atoms with E-state index in [1.807, 2.05) is 49.4 Å². The van der Waals surface area contributed by atoms with Gasteiger partial charge in [0.1, 0.15) is 0 Å². The van der Waals surface area contributed by atoms with Crippen LogP contribution in [0.3, 0.4) is 0 Å². The summed E-state index contributed by atoms with van der Waals surface area (Å²) in [7, 11) is 0. The van der Waals surface area contributed by atoms with E-state index in [-0.39, 0.29) is 0 Å². The molecule has 2 aromatic carbocycles. The Morgan fingerprint density at radius 1 is 1.14 bits per heavy atom. The summed E-state index contributed by atoms with van der Waals surface area (Å²) in [5, 5.41) is 13.4. The lowest BCUT2D eigenvalue weighted by Gasteiger charge is -2.13. The minimum absolute atomic E-state index is 0.626. The number of hydrogen-bond donors (Lipinski definition) is 2. The maximum absolute atomic E-state index is 9.02. The van der Waals surface area contributed by atoms with Crippen LogP contribution >= 0.6 is 0 Å². The summed E-state index contributed by atoms with van der Waals surface area (Å²) in [6.45, 7) is 2.00. The molecule has 4 nitrogen and oxygen atoms in total. The predicted molar refractivity (Wildman–Crippen MR) is 85.3 cm³/mol. The monoisotopic (exact) mass is 274 g/mol. The van der Waals surface area contributed by atoms with E-state index in [0.717, 1.165) is 27.8 Å². The van der Waals surface area contributed by atoms with Gasteiger partial charge in [-0.2, -0.15) is 5.26 Å². The Bertz CT molecular complexity index is 862. The SMILES string of the molecule is Cc1ccc(C#N)cc1Nc1ccc(N)c2ncccc12. The van der Waals surface area contributed by atoms with Crippen LogP contribution in [0.1, 0.15) is 11.1 Å². The molecule has 0 fully saturated rings. The second-order valence-corrected chi connectivity index (χ2v) is 4.87. The molecule has 1 heterocycles. The quantitative estimate of drug-likeness (QED) is 0.698. The van der Waals surface area contributed by atoms with E-state index in [0.29, 0.717) is 11.3 Å². The number of aromatic nitrogens is 1. The zero-order valence-electron chi connectivity index (χ0n) is 11.6. The first-order valence-corrected chi connectivity index (χ1v) is 6.60. The van der Waals surface area contributed by atoms with Crippen LogP contribution in [0.15, 0.2) is 48.7 Å². The molecule has 0 amide bonds. The standard InChI is InChI=1S/C17H14N4/c1-11-4-5-12(10-18)9-16(11)21-15-7-6-14(19)17-13(15)3-2-8-20-17/h2-9,21H,19H2,1H3. The molecule has 3 aromatic rings. The third-order valence-electron chi connectivity index (χ3n) is 3.44. The Morgan fingerprint density at radius 3 is 2.81 bits per heavy atom. The molecular formula is C17H14N4. The van der Waals surface area contributed by atoms with Crippen molar-refractivity contribution in [2.45, 2.75) is 6.92 Å². The number of anilines is 3. The number of hydrogen-bond acceptors (Lipinski definition) is 4. The first kappa shape index (κ1) is 12.9. The molecule has 0 aliphatic rings. The molecule has 0 radical (unpaired) electrons. The number of nitrogens with two attached hydrogens (primary N) is 1. The predicted octanol–water partition coefficient (Wildman–Crippen LogP) is 3.74. The van der Waals surface area contributed by atoms with Crippen LogP contribution in [-0.4, -0.2) is 4.98 Å². The van der Waals surface area contributed by atoms with Crippen LogP contribution in [0.2, 0.25) is 0 Å². The van der Waals surface area contributed by atoms with Crippen molar-refractivity contribution in [1.29, 1.82) is 5.26 Å². The fourth-order valence-corrected chi connectivity index (χ4v) is 2.27. The van der Waals surface area contributed by atoms with Gasteiger partial charge in [-0.3, -0.25) is 4.98 Å². The number of rotatable bonds is 2. The second kappa shape index (κ2) is 5.14. The van der Waals surface area contributed by atoms with Crippen molar-refractivity contribution in [3.05, 3.63) is 59.8 Å². The van der Waals surface area contributed by atoms with E-state index in [9.17, 15) is 0 Å². The maximum atomic E-state index is 9.02. The largest absolute Gasteiger partial charge is 0.397 e. The lowest BCUT2D eigenvalue weighted by molar-refractivity contribution is 1.39. The number of aryl methyl sites for hydroxylation is 1. The highest BCUT2D eigenvalue weighted by molar-refractivity contribution is 5.99. The van der Waals surface area contributed by atoms with Crippen LogP contribution in [0.4, 0.5) is 17.1 Å². The fourth-order valence-electron chi connectivity index (χ4n) is 2.27. The Morgan fingerprint density at radius 2 is 2.00 bits per heavy atom. The van der Waals surface area contributed by atoms with Gasteiger partial charge in [-0.15, -0.1) is 0 Å². The van der Waals surface area contributed by atoms with Gasteiger partial charge in [0.05, 0.1) is 22.8 Å². The third-order valence-corrected chi connectivity index (χ3v) is 3.44. The normalized spacial score (nSPS) is 10.3. The van der Waals surface area contributed by atoms with Gasteiger partial charge in [0, 0.05) is 23.0 Å². The zero-order chi connectivity index (χ0) is 14.8. The van der Waals surface area contributed by atoms with E-state index >= 15 is 0 Å². The molecule has 0 aliphatic carbocycles. The number of nitrogens with zero attached hydrogens (tertiary/aromatic N) is 2.